The third kappa shape index (κ3) is 3.38. The predicted molar refractivity (Wildman–Crippen MR) is 89.8 cm³/mol. The third-order valence-electron chi connectivity index (χ3n) is 5.99. The summed E-state index contributed by atoms with van der Waals surface area (Å²) < 4.78 is 0. The number of hydrogen-bond acceptors (Lipinski definition) is 2. The van der Waals surface area contributed by atoms with Crippen molar-refractivity contribution in [2.75, 3.05) is 13.1 Å². The first-order chi connectivity index (χ1) is 11.1. The lowest BCUT2D eigenvalue weighted by atomic mass is 9.71. The van der Waals surface area contributed by atoms with Crippen LogP contribution in [0.5, 0.6) is 0 Å². The first-order valence-electron chi connectivity index (χ1n) is 9.07. The number of primary amides is 1. The van der Waals surface area contributed by atoms with Crippen LogP contribution in [0.1, 0.15) is 64.2 Å². The van der Waals surface area contributed by atoms with E-state index < -0.39 is 11.6 Å². The van der Waals surface area contributed by atoms with E-state index in [4.69, 9.17) is 5.73 Å². The molecule has 0 aromatic carbocycles. The second kappa shape index (κ2) is 6.54. The molecular weight excluding hydrogens is 290 g/mol. The van der Waals surface area contributed by atoms with Crippen LogP contribution in [0, 0.1) is 5.41 Å². The highest BCUT2D eigenvalue weighted by Gasteiger charge is 2.46. The maximum atomic E-state index is 13.3. The van der Waals surface area contributed by atoms with E-state index in [2.05, 4.69) is 17.5 Å². The number of likely N-dealkylation sites (tertiary alicyclic amines) is 1. The maximum absolute atomic E-state index is 13.3. The number of carbonyl (C=O) groups is 2. The maximum Gasteiger partial charge on any atom is 0.313 e. The summed E-state index contributed by atoms with van der Waals surface area (Å²) in [7, 11) is 0. The van der Waals surface area contributed by atoms with E-state index in [1.807, 2.05) is 4.90 Å². The van der Waals surface area contributed by atoms with Crippen LogP contribution in [-0.4, -0.2) is 35.5 Å². The van der Waals surface area contributed by atoms with E-state index in [1.54, 1.807) is 0 Å². The molecule has 1 spiro atoms. The van der Waals surface area contributed by atoms with Crippen molar-refractivity contribution in [2.45, 2.75) is 69.7 Å². The third-order valence-corrected chi connectivity index (χ3v) is 5.99. The normalized spacial score (nSPS) is 30.2. The predicted octanol–water partition coefficient (Wildman–Crippen LogP) is 2.71. The van der Waals surface area contributed by atoms with Gasteiger partial charge in [0.05, 0.1) is 0 Å². The molecule has 3 amide bonds. The molecule has 5 heteroatoms. The van der Waals surface area contributed by atoms with Gasteiger partial charge in [-0.2, -0.15) is 0 Å². The van der Waals surface area contributed by atoms with Gasteiger partial charge in [-0.25, -0.2) is 4.79 Å². The van der Waals surface area contributed by atoms with Crippen molar-refractivity contribution in [1.29, 1.82) is 0 Å². The highest BCUT2D eigenvalue weighted by molar-refractivity contribution is 5.91. The Kier molecular flexibility index (Phi) is 4.64. The average Bonchev–Trinajstić information content (AvgIpc) is 2.55. The van der Waals surface area contributed by atoms with Gasteiger partial charge in [0, 0.05) is 13.1 Å². The summed E-state index contributed by atoms with van der Waals surface area (Å²) in [6.07, 6.45) is 14.7. The number of allylic oxidation sites excluding steroid dienone is 2. The summed E-state index contributed by atoms with van der Waals surface area (Å²) in [5.41, 5.74) is 4.88. The zero-order chi connectivity index (χ0) is 16.3. The van der Waals surface area contributed by atoms with Crippen molar-refractivity contribution in [3.63, 3.8) is 0 Å². The van der Waals surface area contributed by atoms with Gasteiger partial charge in [-0.1, -0.05) is 31.4 Å². The summed E-state index contributed by atoms with van der Waals surface area (Å²) in [6.45, 7) is 1.64. The van der Waals surface area contributed by atoms with Gasteiger partial charge in [0.25, 0.3) is 0 Å². The molecule has 0 aromatic rings. The molecule has 23 heavy (non-hydrogen) atoms. The molecule has 1 atom stereocenters. The Morgan fingerprint density at radius 2 is 1.78 bits per heavy atom. The van der Waals surface area contributed by atoms with Gasteiger partial charge in [-0.05, 0) is 50.4 Å². The van der Waals surface area contributed by atoms with Crippen LogP contribution in [-0.2, 0) is 4.79 Å². The highest BCUT2D eigenvalue weighted by Crippen LogP contribution is 2.42. The van der Waals surface area contributed by atoms with Crippen LogP contribution in [0.2, 0.25) is 0 Å². The fourth-order valence-corrected chi connectivity index (χ4v) is 4.78. The van der Waals surface area contributed by atoms with Crippen molar-refractivity contribution >= 4 is 11.9 Å². The van der Waals surface area contributed by atoms with E-state index >= 15 is 0 Å². The van der Waals surface area contributed by atoms with E-state index in [0.717, 1.165) is 64.5 Å². The molecule has 3 rings (SSSR count). The van der Waals surface area contributed by atoms with E-state index in [1.165, 1.54) is 12.8 Å². The minimum atomic E-state index is -0.757. The monoisotopic (exact) mass is 319 g/mol. The van der Waals surface area contributed by atoms with E-state index in [-0.39, 0.29) is 11.3 Å². The Hall–Kier alpha value is -1.52. The number of amides is 3. The molecule has 0 radical (unpaired) electrons. The summed E-state index contributed by atoms with van der Waals surface area (Å²) >= 11 is 0. The van der Waals surface area contributed by atoms with Crippen molar-refractivity contribution in [3.05, 3.63) is 12.2 Å². The van der Waals surface area contributed by atoms with Crippen molar-refractivity contribution in [1.82, 2.24) is 10.2 Å². The van der Waals surface area contributed by atoms with Crippen LogP contribution < -0.4 is 11.1 Å². The lowest BCUT2D eigenvalue weighted by molar-refractivity contribution is -0.143. The molecule has 0 unspecified atom stereocenters. The van der Waals surface area contributed by atoms with Gasteiger partial charge >= 0.3 is 6.03 Å². The van der Waals surface area contributed by atoms with Gasteiger partial charge in [-0.3, -0.25) is 4.79 Å². The molecule has 0 bridgehead atoms. The second-order valence-electron chi connectivity index (χ2n) is 7.68. The lowest BCUT2D eigenvalue weighted by Crippen LogP contribution is -2.63. The molecule has 3 N–H and O–H groups in total. The Morgan fingerprint density at radius 1 is 1.00 bits per heavy atom. The smallest absolute Gasteiger partial charge is 0.313 e. The topological polar surface area (TPSA) is 75.4 Å². The molecule has 1 saturated carbocycles. The number of nitrogens with two attached hydrogens (primary N) is 1. The van der Waals surface area contributed by atoms with Gasteiger partial charge in [0.15, 0.2) is 0 Å². The first-order valence-corrected chi connectivity index (χ1v) is 9.07. The number of hydrogen-bond donors (Lipinski definition) is 2. The largest absolute Gasteiger partial charge is 0.352 e. The van der Waals surface area contributed by atoms with Gasteiger partial charge in [0.1, 0.15) is 5.54 Å². The Balaban J connectivity index is 1.76. The zero-order valence-electron chi connectivity index (χ0n) is 14.0. The fraction of sp³-hybridized carbons (Fsp3) is 0.778. The van der Waals surface area contributed by atoms with Gasteiger partial charge in [0.2, 0.25) is 5.91 Å². The molecule has 128 valence electrons. The average molecular weight is 319 g/mol. The van der Waals surface area contributed by atoms with Crippen LogP contribution in [0.3, 0.4) is 0 Å². The lowest BCUT2D eigenvalue weighted by Gasteiger charge is -2.47. The molecule has 0 aromatic heterocycles. The first kappa shape index (κ1) is 16.3. The van der Waals surface area contributed by atoms with Crippen molar-refractivity contribution < 1.29 is 9.59 Å². The Labute approximate surface area is 138 Å². The van der Waals surface area contributed by atoms with Crippen LogP contribution in [0.4, 0.5) is 4.79 Å². The molecule has 2 fully saturated rings. The standard InChI is InChI=1S/C18H29N3O2/c19-16(23)20-18(11-5-2-6-12-18)15(22)21-13-7-10-17(14-21)8-3-1-4-9-17/h1,3H,2,4-14H2,(H3,19,20,23)/t17-/m0/s1. The van der Waals surface area contributed by atoms with Crippen molar-refractivity contribution in [2.24, 2.45) is 11.1 Å². The number of rotatable bonds is 2. The quantitative estimate of drug-likeness (QED) is 0.768. The minimum absolute atomic E-state index is 0.102. The summed E-state index contributed by atoms with van der Waals surface area (Å²) in [4.78, 5) is 26.8. The van der Waals surface area contributed by atoms with Gasteiger partial charge < -0.3 is 16.0 Å². The molecule has 3 aliphatic rings. The number of nitrogens with one attached hydrogen (secondary N) is 1. The number of carbonyl (C=O) groups excluding carboxylic acids is 2. The molecule has 1 aliphatic heterocycles. The van der Waals surface area contributed by atoms with Crippen molar-refractivity contribution in [3.8, 4) is 0 Å². The van der Waals surface area contributed by atoms with Crippen LogP contribution in [0.15, 0.2) is 12.2 Å². The number of piperidine rings is 1. The highest BCUT2D eigenvalue weighted by atomic mass is 16.2. The van der Waals surface area contributed by atoms with Crippen LogP contribution >= 0.6 is 0 Å². The fourth-order valence-electron chi connectivity index (χ4n) is 4.78. The Bertz CT molecular complexity index is 496. The summed E-state index contributed by atoms with van der Waals surface area (Å²) in [5.74, 6) is 0.102. The molecule has 2 aliphatic carbocycles. The molecule has 1 saturated heterocycles. The number of urea groups is 1. The second-order valence-corrected chi connectivity index (χ2v) is 7.68. The minimum Gasteiger partial charge on any atom is -0.352 e. The molecular formula is C18H29N3O2. The summed E-state index contributed by atoms with van der Waals surface area (Å²) in [6, 6.07) is -0.576. The number of nitrogens with zero attached hydrogens (tertiary/aromatic N) is 1. The van der Waals surface area contributed by atoms with Crippen LogP contribution in [0.25, 0.3) is 0 Å². The van der Waals surface area contributed by atoms with Gasteiger partial charge in [-0.15, -0.1) is 0 Å². The zero-order valence-corrected chi connectivity index (χ0v) is 14.0. The molecule has 1 heterocycles. The van der Waals surface area contributed by atoms with E-state index in [9.17, 15) is 9.59 Å². The SMILES string of the molecule is NC(=O)NC1(C(=O)N2CCC[C@@]3(CC=CCC3)C2)CCCCC1. The summed E-state index contributed by atoms with van der Waals surface area (Å²) in [5, 5.41) is 2.82. The molecule has 5 nitrogen and oxygen atoms in total. The Morgan fingerprint density at radius 3 is 2.43 bits per heavy atom. The van der Waals surface area contributed by atoms with E-state index in [0.29, 0.717) is 0 Å².